The van der Waals surface area contributed by atoms with E-state index in [0.717, 1.165) is 46.8 Å². The van der Waals surface area contributed by atoms with Gasteiger partial charge in [0.25, 0.3) is 0 Å². The predicted octanol–water partition coefficient (Wildman–Crippen LogP) is 7.84. The maximum atomic E-state index is 5.19. The summed E-state index contributed by atoms with van der Waals surface area (Å²) in [6.45, 7) is 9.43. The second kappa shape index (κ2) is 19.9. The van der Waals surface area contributed by atoms with Crippen LogP contribution in [-0.2, 0) is 10.8 Å². The standard InChI is InChI=1S/C62H58N6.2HI/c1-61(2)51-39-58-52(40-57(51)65(5)59(61)37-31-43-27-33-49(34-28-43)67-55(47-23-15-9-16-24-47)41-53(63-67)45-19-11-7-12-20-45)62(3,4)60(66(58)6)38-32-44-29-35-50(36-30-44)68-56(48-25-17-10-18-26-48)42-54(64-68)46-21-13-8-14-22-46;;/h7-40,55-56H,41-42H2,1-6H3;2*1H/q+2;;/p-2. The van der Waals surface area contributed by atoms with Crippen molar-refractivity contribution in [3.8, 4) is 0 Å². The van der Waals surface area contributed by atoms with Crippen molar-refractivity contribution in [3.05, 3.63) is 239 Å². The second-order valence-corrected chi connectivity index (χ2v) is 19.7. The van der Waals surface area contributed by atoms with Gasteiger partial charge in [0.05, 0.1) is 45.7 Å². The van der Waals surface area contributed by atoms with Crippen molar-refractivity contribution in [1.29, 1.82) is 0 Å². The number of anilines is 2. The van der Waals surface area contributed by atoms with Crippen LogP contribution in [0.15, 0.2) is 204 Å². The first-order valence-corrected chi connectivity index (χ1v) is 24.0. The summed E-state index contributed by atoms with van der Waals surface area (Å²) in [5.74, 6) is 0. The third-order valence-corrected chi connectivity index (χ3v) is 14.8. The SMILES string of the molecule is C[N+]1=C(C=Cc2ccc(N3N=C(c4ccccc4)CC3c3ccccc3)cc2)C(C)(C)c2cc3c(cc21)C(C)(C)C(C=Cc1ccc(N2N=C(c4ccccc4)CC2c2ccccc2)cc1)=[N+]3C.[I-].[I-]. The molecule has 0 saturated heterocycles. The lowest BCUT2D eigenvalue weighted by molar-refractivity contribution is -0.404. The first-order chi connectivity index (χ1) is 33.0. The van der Waals surface area contributed by atoms with Crippen molar-refractivity contribution < 1.29 is 57.1 Å². The molecule has 0 fully saturated rings. The molecule has 4 aliphatic heterocycles. The number of nitrogens with zero attached hydrogens (tertiary/aromatic N) is 6. The van der Waals surface area contributed by atoms with Crippen LogP contribution in [0.25, 0.3) is 12.2 Å². The fourth-order valence-corrected chi connectivity index (χ4v) is 11.0. The van der Waals surface area contributed by atoms with Gasteiger partial charge in [-0.05, 0) is 97.5 Å². The molecule has 0 N–H and O–H groups in total. The van der Waals surface area contributed by atoms with E-state index < -0.39 is 0 Å². The van der Waals surface area contributed by atoms with E-state index in [2.05, 4.69) is 267 Å². The number of halogens is 2. The Morgan fingerprint density at radius 3 is 1.11 bits per heavy atom. The van der Waals surface area contributed by atoms with Gasteiger partial charge in [-0.2, -0.15) is 19.4 Å². The van der Waals surface area contributed by atoms with Crippen molar-refractivity contribution in [1.82, 2.24) is 0 Å². The van der Waals surface area contributed by atoms with E-state index in [1.54, 1.807) is 0 Å². The van der Waals surface area contributed by atoms with Crippen LogP contribution < -0.4 is 58.0 Å². The largest absolute Gasteiger partial charge is 1.00 e. The highest BCUT2D eigenvalue weighted by atomic mass is 127. The van der Waals surface area contributed by atoms with Gasteiger partial charge < -0.3 is 48.0 Å². The molecule has 7 aromatic carbocycles. The van der Waals surface area contributed by atoms with Crippen LogP contribution in [0, 0.1) is 0 Å². The molecular formula is C62H58I2N6. The highest BCUT2D eigenvalue weighted by Crippen LogP contribution is 2.49. The number of hydrazone groups is 2. The number of hydrogen-bond acceptors (Lipinski definition) is 4. The molecule has 0 saturated carbocycles. The van der Waals surface area contributed by atoms with E-state index in [9.17, 15) is 0 Å². The molecular weight excluding hydrogens is 1080 g/mol. The summed E-state index contributed by atoms with van der Waals surface area (Å²) in [7, 11) is 4.44. The van der Waals surface area contributed by atoms with Gasteiger partial charge in [0, 0.05) is 48.3 Å². The average Bonchev–Trinajstić information content (AvgIpc) is 4.12. The molecule has 0 radical (unpaired) electrons. The van der Waals surface area contributed by atoms with Gasteiger partial charge in [-0.25, -0.2) is 0 Å². The van der Waals surface area contributed by atoms with Crippen LogP contribution >= 0.6 is 0 Å². The minimum atomic E-state index is -0.192. The highest BCUT2D eigenvalue weighted by Gasteiger charge is 2.50. The summed E-state index contributed by atoms with van der Waals surface area (Å²) in [4.78, 5) is 0. The van der Waals surface area contributed by atoms with Crippen LogP contribution in [0.1, 0.15) is 97.1 Å². The quantitative estimate of drug-likeness (QED) is 0.104. The van der Waals surface area contributed by atoms with Crippen molar-refractivity contribution in [2.75, 3.05) is 24.1 Å². The summed E-state index contributed by atoms with van der Waals surface area (Å²) in [6.07, 6.45) is 10.9. The van der Waals surface area contributed by atoms with E-state index in [1.165, 1.54) is 56.2 Å². The Hall–Kier alpha value is -6.24. The molecule has 70 heavy (non-hydrogen) atoms. The molecule has 6 nitrogen and oxygen atoms in total. The van der Waals surface area contributed by atoms with E-state index in [4.69, 9.17) is 10.2 Å². The molecule has 2 unspecified atom stereocenters. The molecule has 7 aromatic rings. The fraction of sp³-hybridized carbons (Fsp3) is 0.194. The summed E-state index contributed by atoms with van der Waals surface area (Å²) < 4.78 is 4.80. The third-order valence-electron chi connectivity index (χ3n) is 14.8. The molecule has 8 heteroatoms. The van der Waals surface area contributed by atoms with E-state index >= 15 is 0 Å². The normalized spacial score (nSPS) is 18.8. The number of fused-ring (bicyclic) bond motifs is 2. The van der Waals surface area contributed by atoms with Crippen LogP contribution in [0.3, 0.4) is 0 Å². The van der Waals surface area contributed by atoms with Gasteiger partial charge >= 0.3 is 0 Å². The smallest absolute Gasteiger partial charge is 0.210 e. The van der Waals surface area contributed by atoms with Crippen LogP contribution in [0.4, 0.5) is 22.7 Å². The van der Waals surface area contributed by atoms with E-state index in [0.29, 0.717) is 0 Å². The molecule has 0 aromatic heterocycles. The molecule has 4 aliphatic rings. The summed E-state index contributed by atoms with van der Waals surface area (Å²) in [5, 5.41) is 14.8. The Kier molecular flexibility index (Phi) is 13.8. The van der Waals surface area contributed by atoms with E-state index in [1.807, 2.05) is 0 Å². The Balaban J connectivity index is 0.00000304. The van der Waals surface area contributed by atoms with Gasteiger partial charge in [0.2, 0.25) is 11.4 Å². The predicted molar refractivity (Wildman–Crippen MR) is 284 cm³/mol. The van der Waals surface area contributed by atoms with Crippen molar-refractivity contribution in [2.24, 2.45) is 10.2 Å². The van der Waals surface area contributed by atoms with Gasteiger partial charge in [-0.1, -0.05) is 146 Å². The molecule has 0 aliphatic carbocycles. The number of rotatable bonds is 10. The molecule has 4 heterocycles. The van der Waals surface area contributed by atoms with Gasteiger partial charge in [0.15, 0.2) is 11.4 Å². The van der Waals surface area contributed by atoms with Crippen LogP contribution in [-0.4, -0.2) is 46.1 Å². The Morgan fingerprint density at radius 1 is 0.443 bits per heavy atom. The topological polar surface area (TPSA) is 37.2 Å². The molecule has 2 atom stereocenters. The summed E-state index contributed by atoms with van der Waals surface area (Å²) >= 11 is 0. The molecule has 11 rings (SSSR count). The monoisotopic (exact) mass is 1140 g/mol. The molecule has 0 bridgehead atoms. The van der Waals surface area contributed by atoms with Crippen molar-refractivity contribution in [3.63, 3.8) is 0 Å². The third kappa shape index (κ3) is 8.93. The number of benzene rings is 7. The molecule has 0 spiro atoms. The lowest BCUT2D eigenvalue weighted by atomic mass is 9.77. The Morgan fingerprint density at radius 2 is 0.771 bits per heavy atom. The second-order valence-electron chi connectivity index (χ2n) is 19.7. The maximum absolute atomic E-state index is 5.19. The lowest BCUT2D eigenvalue weighted by Crippen LogP contribution is -3.00. The lowest BCUT2D eigenvalue weighted by Gasteiger charge is -2.24. The summed E-state index contributed by atoms with van der Waals surface area (Å²) in [6, 6.07) is 65.5. The average molecular weight is 1140 g/mol. The van der Waals surface area contributed by atoms with Crippen molar-refractivity contribution >= 4 is 57.7 Å². The zero-order chi connectivity index (χ0) is 46.6. The van der Waals surface area contributed by atoms with Crippen molar-refractivity contribution in [2.45, 2.75) is 63.5 Å². The fourth-order valence-electron chi connectivity index (χ4n) is 11.0. The number of hydrogen-bond donors (Lipinski definition) is 0. The molecule has 0 amide bonds. The van der Waals surface area contributed by atoms with Crippen LogP contribution in [0.2, 0.25) is 0 Å². The zero-order valence-electron chi connectivity index (χ0n) is 40.6. The van der Waals surface area contributed by atoms with Gasteiger partial charge in [-0.3, -0.25) is 10.0 Å². The summed E-state index contributed by atoms with van der Waals surface area (Å²) in [5.41, 5.74) is 19.0. The minimum absolute atomic E-state index is 0. The molecule has 350 valence electrons. The first kappa shape index (κ1) is 48.8. The Labute approximate surface area is 447 Å². The van der Waals surface area contributed by atoms with Gasteiger partial charge in [0.1, 0.15) is 14.1 Å². The minimum Gasteiger partial charge on any atom is -1.00 e. The highest BCUT2D eigenvalue weighted by molar-refractivity contribution is 6.08. The van der Waals surface area contributed by atoms with E-state index in [-0.39, 0.29) is 70.9 Å². The van der Waals surface area contributed by atoms with Crippen LogP contribution in [0.5, 0.6) is 0 Å². The van der Waals surface area contributed by atoms with Gasteiger partial charge in [-0.15, -0.1) is 0 Å². The number of allylic oxidation sites excluding steroid dienone is 2. The zero-order valence-corrected chi connectivity index (χ0v) is 45.0. The Bertz CT molecular complexity index is 3010. The first-order valence-electron chi connectivity index (χ1n) is 24.0. The maximum Gasteiger partial charge on any atom is 0.210 e.